The molecule has 1 aromatic heterocycles. The Hall–Kier alpha value is -1.24. The van der Waals surface area contributed by atoms with Crippen molar-refractivity contribution in [3.63, 3.8) is 0 Å². The van der Waals surface area contributed by atoms with E-state index in [4.69, 9.17) is 0 Å². The van der Waals surface area contributed by atoms with Gasteiger partial charge < -0.3 is 5.32 Å². The third-order valence-corrected chi connectivity index (χ3v) is 3.81. The van der Waals surface area contributed by atoms with Crippen LogP contribution in [-0.4, -0.2) is 32.3 Å². The molecular formula is C12H22N4O2S. The van der Waals surface area contributed by atoms with E-state index in [0.717, 1.165) is 17.9 Å². The average Bonchev–Trinajstić information content (AvgIpc) is 2.63. The van der Waals surface area contributed by atoms with Crippen LogP contribution >= 0.6 is 11.8 Å². The van der Waals surface area contributed by atoms with Crippen molar-refractivity contribution in [3.8, 4) is 0 Å². The molecule has 1 heterocycles. The fourth-order valence-electron chi connectivity index (χ4n) is 1.88. The van der Waals surface area contributed by atoms with Crippen LogP contribution in [0.25, 0.3) is 0 Å². The van der Waals surface area contributed by atoms with Gasteiger partial charge in [0.1, 0.15) is 5.69 Å². The second kappa shape index (κ2) is 7.37. The summed E-state index contributed by atoms with van der Waals surface area (Å²) < 4.78 is 1.71. The van der Waals surface area contributed by atoms with E-state index < -0.39 is 0 Å². The van der Waals surface area contributed by atoms with E-state index in [9.17, 15) is 10.1 Å². The minimum Gasteiger partial charge on any atom is -0.361 e. The molecule has 0 saturated heterocycles. The van der Waals surface area contributed by atoms with Crippen molar-refractivity contribution in [3.05, 3.63) is 15.8 Å². The van der Waals surface area contributed by atoms with Gasteiger partial charge in [0.25, 0.3) is 0 Å². The highest BCUT2D eigenvalue weighted by Gasteiger charge is 2.25. The lowest BCUT2D eigenvalue weighted by molar-refractivity contribution is -0.384. The molecule has 0 radical (unpaired) electrons. The molecule has 19 heavy (non-hydrogen) atoms. The number of nitrogens with one attached hydrogen (secondary N) is 1. The molecule has 6 nitrogen and oxygen atoms in total. The standard InChI is InChI=1S/C12H22N4O2S/c1-5-7-15-12(13-9(3)8-19-6-2)11(16(17)18)10(4)14-15/h9,13H,5-8H2,1-4H3. The van der Waals surface area contributed by atoms with Gasteiger partial charge >= 0.3 is 5.69 Å². The summed E-state index contributed by atoms with van der Waals surface area (Å²) >= 11 is 1.81. The van der Waals surface area contributed by atoms with Crippen molar-refractivity contribution in [2.75, 3.05) is 16.8 Å². The maximum atomic E-state index is 11.2. The normalized spacial score (nSPS) is 12.4. The zero-order valence-corrected chi connectivity index (χ0v) is 12.8. The first kappa shape index (κ1) is 15.8. The van der Waals surface area contributed by atoms with Gasteiger partial charge in [-0.2, -0.15) is 16.9 Å². The first-order valence-electron chi connectivity index (χ1n) is 6.57. The number of thioether (sulfide) groups is 1. The fourth-order valence-corrected chi connectivity index (χ4v) is 2.55. The molecule has 0 aliphatic heterocycles. The SMILES string of the molecule is CCCn1nc(C)c([N+](=O)[O-])c1NC(C)CSCC. The van der Waals surface area contributed by atoms with Gasteiger partial charge in [-0.1, -0.05) is 13.8 Å². The van der Waals surface area contributed by atoms with E-state index in [1.807, 2.05) is 25.6 Å². The molecule has 1 atom stereocenters. The Bertz CT molecular complexity index is 434. The van der Waals surface area contributed by atoms with Gasteiger partial charge in [-0.05, 0) is 26.0 Å². The molecule has 0 aliphatic rings. The minimum atomic E-state index is -0.351. The summed E-state index contributed by atoms with van der Waals surface area (Å²) in [4.78, 5) is 10.8. The Balaban J connectivity index is 2.97. The number of anilines is 1. The Morgan fingerprint density at radius 3 is 2.74 bits per heavy atom. The molecule has 1 aromatic rings. The average molecular weight is 286 g/mol. The Labute approximate surface area is 118 Å². The summed E-state index contributed by atoms with van der Waals surface area (Å²) in [6.45, 7) is 8.53. The quantitative estimate of drug-likeness (QED) is 0.587. The first-order valence-corrected chi connectivity index (χ1v) is 7.72. The molecule has 0 spiro atoms. The molecule has 1 unspecified atom stereocenters. The van der Waals surface area contributed by atoms with Crippen molar-refractivity contribution in [1.29, 1.82) is 0 Å². The van der Waals surface area contributed by atoms with Crippen LogP contribution in [0.5, 0.6) is 0 Å². The van der Waals surface area contributed by atoms with Crippen molar-refractivity contribution in [2.24, 2.45) is 0 Å². The van der Waals surface area contributed by atoms with Crippen molar-refractivity contribution < 1.29 is 4.92 Å². The molecule has 1 rings (SSSR count). The summed E-state index contributed by atoms with van der Waals surface area (Å²) in [5, 5.41) is 18.7. The van der Waals surface area contributed by atoms with Crippen LogP contribution < -0.4 is 5.32 Å². The van der Waals surface area contributed by atoms with Crippen LogP contribution in [0.1, 0.15) is 32.9 Å². The number of rotatable bonds is 8. The molecule has 1 N–H and O–H groups in total. The van der Waals surface area contributed by atoms with Crippen LogP contribution in [0.4, 0.5) is 11.5 Å². The molecule has 0 aromatic carbocycles. The topological polar surface area (TPSA) is 73.0 Å². The highest BCUT2D eigenvalue weighted by Crippen LogP contribution is 2.29. The van der Waals surface area contributed by atoms with Gasteiger partial charge in [0.15, 0.2) is 0 Å². The minimum absolute atomic E-state index is 0.0989. The number of nitrogens with zero attached hydrogens (tertiary/aromatic N) is 3. The van der Waals surface area contributed by atoms with Crippen molar-refractivity contribution in [2.45, 2.75) is 46.7 Å². The Morgan fingerprint density at radius 2 is 2.21 bits per heavy atom. The van der Waals surface area contributed by atoms with E-state index in [0.29, 0.717) is 18.1 Å². The molecule has 0 fully saturated rings. The highest BCUT2D eigenvalue weighted by atomic mass is 32.2. The second-order valence-corrected chi connectivity index (χ2v) is 5.79. The number of nitro groups is 1. The summed E-state index contributed by atoms with van der Waals surface area (Å²) in [6, 6.07) is 0.176. The number of aromatic nitrogens is 2. The van der Waals surface area contributed by atoms with E-state index in [1.54, 1.807) is 11.6 Å². The summed E-state index contributed by atoms with van der Waals surface area (Å²) in [7, 11) is 0. The predicted octanol–water partition coefficient (Wildman–Crippen LogP) is 3.06. The second-order valence-electron chi connectivity index (χ2n) is 4.47. The summed E-state index contributed by atoms with van der Waals surface area (Å²) in [5.41, 5.74) is 0.568. The Kier molecular flexibility index (Phi) is 6.14. The lowest BCUT2D eigenvalue weighted by Gasteiger charge is -2.15. The molecule has 108 valence electrons. The van der Waals surface area contributed by atoms with E-state index in [1.165, 1.54) is 0 Å². The molecule has 0 aliphatic carbocycles. The molecule has 0 bridgehead atoms. The van der Waals surface area contributed by atoms with Gasteiger partial charge in [-0.3, -0.25) is 10.1 Å². The molecule has 0 saturated carbocycles. The van der Waals surface area contributed by atoms with E-state index >= 15 is 0 Å². The third kappa shape index (κ3) is 4.12. The molecule has 0 amide bonds. The zero-order chi connectivity index (χ0) is 14.4. The van der Waals surface area contributed by atoms with Crippen LogP contribution in [0.3, 0.4) is 0 Å². The molecular weight excluding hydrogens is 264 g/mol. The molecule has 7 heteroatoms. The van der Waals surface area contributed by atoms with Gasteiger partial charge in [0, 0.05) is 18.3 Å². The zero-order valence-electron chi connectivity index (χ0n) is 12.0. The van der Waals surface area contributed by atoms with E-state index in [2.05, 4.69) is 17.3 Å². The van der Waals surface area contributed by atoms with Gasteiger partial charge in [-0.15, -0.1) is 0 Å². The third-order valence-electron chi connectivity index (χ3n) is 2.67. The monoisotopic (exact) mass is 286 g/mol. The number of hydrogen-bond acceptors (Lipinski definition) is 5. The van der Waals surface area contributed by atoms with Gasteiger partial charge in [0.05, 0.1) is 4.92 Å². The van der Waals surface area contributed by atoms with Crippen LogP contribution in [-0.2, 0) is 6.54 Å². The highest BCUT2D eigenvalue weighted by molar-refractivity contribution is 7.99. The van der Waals surface area contributed by atoms with E-state index in [-0.39, 0.29) is 16.7 Å². The summed E-state index contributed by atoms with van der Waals surface area (Å²) in [5.74, 6) is 2.50. The lowest BCUT2D eigenvalue weighted by Crippen LogP contribution is -2.21. The van der Waals surface area contributed by atoms with Crippen LogP contribution in [0.2, 0.25) is 0 Å². The Morgan fingerprint density at radius 1 is 1.53 bits per heavy atom. The van der Waals surface area contributed by atoms with Gasteiger partial charge in [-0.25, -0.2) is 4.68 Å². The summed E-state index contributed by atoms with van der Waals surface area (Å²) in [6.07, 6.45) is 0.894. The maximum Gasteiger partial charge on any atom is 0.333 e. The van der Waals surface area contributed by atoms with Crippen molar-refractivity contribution >= 4 is 23.3 Å². The van der Waals surface area contributed by atoms with Crippen LogP contribution in [0, 0.1) is 17.0 Å². The smallest absolute Gasteiger partial charge is 0.333 e. The predicted molar refractivity (Wildman–Crippen MR) is 80.0 cm³/mol. The van der Waals surface area contributed by atoms with Crippen LogP contribution in [0.15, 0.2) is 0 Å². The fraction of sp³-hybridized carbons (Fsp3) is 0.750. The van der Waals surface area contributed by atoms with Crippen molar-refractivity contribution in [1.82, 2.24) is 9.78 Å². The maximum absolute atomic E-state index is 11.2. The first-order chi connectivity index (χ1) is 9.01. The number of hydrogen-bond donors (Lipinski definition) is 1. The largest absolute Gasteiger partial charge is 0.361 e. The lowest BCUT2D eigenvalue weighted by atomic mass is 10.3. The van der Waals surface area contributed by atoms with Gasteiger partial charge in [0.2, 0.25) is 5.82 Å². The number of aryl methyl sites for hydroxylation is 2.